The number of hydrogen-bond acceptors (Lipinski definition) is 3. The van der Waals surface area contributed by atoms with Crippen molar-refractivity contribution in [2.45, 2.75) is 43.5 Å². The van der Waals surface area contributed by atoms with Crippen molar-refractivity contribution in [2.24, 2.45) is 0 Å². The Morgan fingerprint density at radius 3 is 2.43 bits per heavy atom. The van der Waals surface area contributed by atoms with Crippen molar-refractivity contribution in [2.75, 3.05) is 18.4 Å². The number of amides is 2. The lowest BCUT2D eigenvalue weighted by Crippen LogP contribution is -2.45. The molecule has 0 spiro atoms. The largest absolute Gasteiger partial charge is 0.338 e. The summed E-state index contributed by atoms with van der Waals surface area (Å²) in [6.45, 7) is 2.49. The van der Waals surface area contributed by atoms with Gasteiger partial charge in [-0.05, 0) is 50.5 Å². The van der Waals surface area contributed by atoms with Gasteiger partial charge in [-0.2, -0.15) is 4.31 Å². The molecule has 0 radical (unpaired) electrons. The van der Waals surface area contributed by atoms with Gasteiger partial charge >= 0.3 is 6.03 Å². The van der Waals surface area contributed by atoms with Gasteiger partial charge in [0.2, 0.25) is 10.0 Å². The lowest BCUT2D eigenvalue weighted by Gasteiger charge is -2.34. The first-order valence-electron chi connectivity index (χ1n) is 9.86. The van der Waals surface area contributed by atoms with Crippen LogP contribution in [0.25, 0.3) is 0 Å². The summed E-state index contributed by atoms with van der Waals surface area (Å²) in [5.74, 6) is -1.74. The highest BCUT2D eigenvalue weighted by molar-refractivity contribution is 7.89. The maximum Gasteiger partial charge on any atom is 0.319 e. The number of nitrogens with one attached hydrogen (secondary N) is 2. The fourth-order valence-corrected chi connectivity index (χ4v) is 5.28. The van der Waals surface area contributed by atoms with E-state index in [0.717, 1.165) is 30.5 Å². The molecule has 2 amide bonds. The van der Waals surface area contributed by atoms with Crippen LogP contribution < -0.4 is 10.6 Å². The van der Waals surface area contributed by atoms with Crippen molar-refractivity contribution >= 4 is 21.7 Å². The van der Waals surface area contributed by atoms with E-state index < -0.39 is 33.4 Å². The predicted octanol–water partition coefficient (Wildman–Crippen LogP) is 4.03. The number of hydrogen-bond donors (Lipinski definition) is 2. The molecule has 2 aromatic carbocycles. The Hall–Kier alpha value is -2.52. The van der Waals surface area contributed by atoms with Crippen LogP contribution in [-0.2, 0) is 10.0 Å². The molecule has 0 bridgehead atoms. The van der Waals surface area contributed by atoms with Crippen LogP contribution in [0.15, 0.2) is 47.4 Å². The molecule has 1 atom stereocenters. The standard InChI is InChI=1S/C21H25F2N3O3S/c1-15-8-10-17(11-9-15)30(28,29)26-14-3-2-5-16(26)12-13-24-21(27)25-20-18(22)6-4-7-19(20)23/h4,6-11,16H,2-3,5,12-14H2,1H3,(H2,24,25,27). The van der Waals surface area contributed by atoms with Crippen LogP contribution in [-0.4, -0.2) is 37.9 Å². The fourth-order valence-electron chi connectivity index (χ4n) is 3.55. The molecule has 0 saturated carbocycles. The molecule has 1 saturated heterocycles. The molecule has 1 aliphatic heterocycles. The van der Waals surface area contributed by atoms with Gasteiger partial charge in [0, 0.05) is 19.1 Å². The summed E-state index contributed by atoms with van der Waals surface area (Å²) in [4.78, 5) is 12.3. The third-order valence-corrected chi connectivity index (χ3v) is 7.13. The van der Waals surface area contributed by atoms with E-state index in [1.165, 1.54) is 10.4 Å². The summed E-state index contributed by atoms with van der Waals surface area (Å²) < 4.78 is 54.9. The highest BCUT2D eigenvalue weighted by atomic mass is 32.2. The van der Waals surface area contributed by atoms with Crippen LogP contribution in [0, 0.1) is 18.6 Å². The Bertz CT molecular complexity index is 977. The zero-order chi connectivity index (χ0) is 21.7. The summed E-state index contributed by atoms with van der Waals surface area (Å²) in [7, 11) is -3.63. The minimum atomic E-state index is -3.63. The average Bonchev–Trinajstić information content (AvgIpc) is 2.71. The number of aryl methyl sites for hydroxylation is 1. The number of halogens is 2. The number of benzene rings is 2. The van der Waals surface area contributed by atoms with Crippen LogP contribution in [0.5, 0.6) is 0 Å². The monoisotopic (exact) mass is 437 g/mol. The van der Waals surface area contributed by atoms with Gasteiger partial charge in [0.1, 0.15) is 17.3 Å². The van der Waals surface area contributed by atoms with Crippen molar-refractivity contribution in [3.63, 3.8) is 0 Å². The van der Waals surface area contributed by atoms with Crippen LogP contribution in [0.1, 0.15) is 31.2 Å². The summed E-state index contributed by atoms with van der Waals surface area (Å²) in [6.07, 6.45) is 2.77. The number of para-hydroxylation sites is 1. The summed E-state index contributed by atoms with van der Waals surface area (Å²) in [5, 5.41) is 4.70. The van der Waals surface area contributed by atoms with E-state index in [-0.39, 0.29) is 17.5 Å². The normalized spacial score (nSPS) is 17.5. The highest BCUT2D eigenvalue weighted by Crippen LogP contribution is 2.27. The molecule has 1 unspecified atom stereocenters. The minimum absolute atomic E-state index is 0.173. The van der Waals surface area contributed by atoms with Crippen LogP contribution in [0.4, 0.5) is 19.3 Å². The Morgan fingerprint density at radius 1 is 1.10 bits per heavy atom. The molecular formula is C21H25F2N3O3S. The third-order valence-electron chi connectivity index (χ3n) is 5.17. The second kappa shape index (κ2) is 9.53. The maximum atomic E-state index is 13.6. The molecule has 6 nitrogen and oxygen atoms in total. The minimum Gasteiger partial charge on any atom is -0.338 e. The first-order valence-corrected chi connectivity index (χ1v) is 11.3. The van der Waals surface area contributed by atoms with Gasteiger partial charge in [-0.15, -0.1) is 0 Å². The molecule has 1 heterocycles. The van der Waals surface area contributed by atoms with Crippen LogP contribution in [0.3, 0.4) is 0 Å². The van der Waals surface area contributed by atoms with Gasteiger partial charge in [0.15, 0.2) is 0 Å². The molecule has 2 aromatic rings. The lowest BCUT2D eigenvalue weighted by atomic mass is 10.0. The lowest BCUT2D eigenvalue weighted by molar-refractivity contribution is 0.234. The van der Waals surface area contributed by atoms with Gasteiger partial charge in [-0.1, -0.05) is 30.2 Å². The second-order valence-corrected chi connectivity index (χ2v) is 9.24. The zero-order valence-corrected chi connectivity index (χ0v) is 17.5. The van der Waals surface area contributed by atoms with Crippen LogP contribution in [0.2, 0.25) is 0 Å². The number of rotatable bonds is 6. The van der Waals surface area contributed by atoms with Crippen molar-refractivity contribution in [1.29, 1.82) is 0 Å². The van der Waals surface area contributed by atoms with Gasteiger partial charge in [-0.3, -0.25) is 0 Å². The number of urea groups is 1. The molecule has 3 rings (SSSR count). The van der Waals surface area contributed by atoms with E-state index in [0.29, 0.717) is 19.4 Å². The van der Waals surface area contributed by atoms with Crippen molar-refractivity contribution in [1.82, 2.24) is 9.62 Å². The number of carbonyl (C=O) groups excluding carboxylic acids is 1. The summed E-state index contributed by atoms with van der Waals surface area (Å²) in [6, 6.07) is 9.04. The third kappa shape index (κ3) is 5.14. The molecule has 162 valence electrons. The quantitative estimate of drug-likeness (QED) is 0.716. The fraction of sp³-hybridized carbons (Fsp3) is 0.381. The SMILES string of the molecule is Cc1ccc(S(=O)(=O)N2CCCCC2CCNC(=O)Nc2c(F)cccc2F)cc1. The topological polar surface area (TPSA) is 78.5 Å². The first-order chi connectivity index (χ1) is 14.3. The van der Waals surface area contributed by atoms with E-state index in [1.54, 1.807) is 24.3 Å². The molecule has 1 fully saturated rings. The first kappa shape index (κ1) is 22.2. The molecule has 0 aromatic heterocycles. The van der Waals surface area contributed by atoms with Gasteiger partial charge in [0.25, 0.3) is 0 Å². The van der Waals surface area contributed by atoms with E-state index >= 15 is 0 Å². The Balaban J connectivity index is 1.61. The zero-order valence-electron chi connectivity index (χ0n) is 16.7. The van der Waals surface area contributed by atoms with E-state index in [1.807, 2.05) is 6.92 Å². The number of piperidine rings is 1. The molecule has 2 N–H and O–H groups in total. The van der Waals surface area contributed by atoms with Crippen molar-refractivity contribution < 1.29 is 22.0 Å². The molecule has 30 heavy (non-hydrogen) atoms. The van der Waals surface area contributed by atoms with Crippen LogP contribution >= 0.6 is 0 Å². The summed E-state index contributed by atoms with van der Waals surface area (Å²) in [5.41, 5.74) is 0.460. The Morgan fingerprint density at radius 2 is 1.77 bits per heavy atom. The molecule has 9 heteroatoms. The number of nitrogens with zero attached hydrogens (tertiary/aromatic N) is 1. The molecular weight excluding hydrogens is 412 g/mol. The smallest absolute Gasteiger partial charge is 0.319 e. The van der Waals surface area contributed by atoms with Gasteiger partial charge in [0.05, 0.1) is 4.90 Å². The van der Waals surface area contributed by atoms with E-state index in [4.69, 9.17) is 0 Å². The number of anilines is 1. The Labute approximate surface area is 175 Å². The summed E-state index contributed by atoms with van der Waals surface area (Å²) >= 11 is 0. The predicted molar refractivity (Wildman–Crippen MR) is 111 cm³/mol. The molecule has 0 aliphatic carbocycles. The van der Waals surface area contributed by atoms with Crippen molar-refractivity contribution in [3.05, 3.63) is 59.7 Å². The van der Waals surface area contributed by atoms with Gasteiger partial charge in [-0.25, -0.2) is 22.0 Å². The Kier molecular flexibility index (Phi) is 7.04. The van der Waals surface area contributed by atoms with E-state index in [2.05, 4.69) is 10.6 Å². The maximum absolute atomic E-state index is 13.6. The van der Waals surface area contributed by atoms with E-state index in [9.17, 15) is 22.0 Å². The average molecular weight is 438 g/mol. The number of sulfonamides is 1. The second-order valence-electron chi connectivity index (χ2n) is 7.34. The van der Waals surface area contributed by atoms with Gasteiger partial charge < -0.3 is 10.6 Å². The highest BCUT2D eigenvalue weighted by Gasteiger charge is 2.33. The van der Waals surface area contributed by atoms with Crippen molar-refractivity contribution in [3.8, 4) is 0 Å². The number of carbonyl (C=O) groups is 1. The molecule has 1 aliphatic rings.